The Labute approximate surface area is 132 Å². The number of benzene rings is 1. The quantitative estimate of drug-likeness (QED) is 0.865. The minimum absolute atomic E-state index is 0.184. The Morgan fingerprint density at radius 3 is 2.48 bits per heavy atom. The SMILES string of the molecule is CCCC1C(=O)NC(=O)N(c2cc(Cl)c(C)cc2Cl)C1=O. The Balaban J connectivity index is 2.46. The van der Waals surface area contributed by atoms with E-state index in [0.29, 0.717) is 17.9 Å². The van der Waals surface area contributed by atoms with Crippen LogP contribution in [0.1, 0.15) is 25.3 Å². The van der Waals surface area contributed by atoms with Crippen LogP contribution in [0.25, 0.3) is 0 Å². The molecule has 0 saturated carbocycles. The number of anilines is 1. The number of rotatable bonds is 3. The summed E-state index contributed by atoms with van der Waals surface area (Å²) < 4.78 is 0. The number of aryl methyl sites for hydroxylation is 1. The average molecular weight is 329 g/mol. The molecule has 5 nitrogen and oxygen atoms in total. The summed E-state index contributed by atoms with van der Waals surface area (Å²) in [5.74, 6) is -2.03. The van der Waals surface area contributed by atoms with Crippen LogP contribution in [0.3, 0.4) is 0 Å². The summed E-state index contributed by atoms with van der Waals surface area (Å²) in [5, 5.41) is 2.79. The number of hydrogen-bond donors (Lipinski definition) is 1. The van der Waals surface area contributed by atoms with Crippen LogP contribution in [-0.2, 0) is 9.59 Å². The predicted molar refractivity (Wildman–Crippen MR) is 80.6 cm³/mol. The van der Waals surface area contributed by atoms with Gasteiger partial charge in [0.25, 0.3) is 0 Å². The lowest BCUT2D eigenvalue weighted by Gasteiger charge is -2.30. The minimum Gasteiger partial charge on any atom is -0.277 e. The van der Waals surface area contributed by atoms with Crippen molar-refractivity contribution >= 4 is 46.7 Å². The third kappa shape index (κ3) is 2.89. The molecule has 1 saturated heterocycles. The molecule has 0 spiro atoms. The summed E-state index contributed by atoms with van der Waals surface area (Å²) in [6.07, 6.45) is 1.01. The van der Waals surface area contributed by atoms with Crippen molar-refractivity contribution in [2.24, 2.45) is 5.92 Å². The summed E-state index contributed by atoms with van der Waals surface area (Å²) in [6, 6.07) is 2.22. The zero-order valence-corrected chi connectivity index (χ0v) is 13.1. The van der Waals surface area contributed by atoms with E-state index in [4.69, 9.17) is 23.2 Å². The Bertz CT molecular complexity index is 631. The molecule has 1 heterocycles. The first kappa shape index (κ1) is 15.8. The topological polar surface area (TPSA) is 66.5 Å². The van der Waals surface area contributed by atoms with Crippen molar-refractivity contribution in [3.05, 3.63) is 27.7 Å². The zero-order chi connectivity index (χ0) is 15.7. The largest absolute Gasteiger partial charge is 0.335 e. The van der Waals surface area contributed by atoms with Crippen LogP contribution in [0.5, 0.6) is 0 Å². The molecule has 4 amide bonds. The molecule has 0 bridgehead atoms. The number of amides is 4. The van der Waals surface area contributed by atoms with Crippen molar-refractivity contribution in [3.8, 4) is 0 Å². The fourth-order valence-electron chi connectivity index (χ4n) is 2.19. The third-order valence-corrected chi connectivity index (χ3v) is 4.02. The highest BCUT2D eigenvalue weighted by Crippen LogP contribution is 2.34. The number of carbonyl (C=O) groups excluding carboxylic acids is 3. The molecule has 1 aliphatic rings. The number of imide groups is 2. The van der Waals surface area contributed by atoms with Crippen LogP contribution >= 0.6 is 23.2 Å². The first-order valence-electron chi connectivity index (χ1n) is 6.51. The lowest BCUT2D eigenvalue weighted by Crippen LogP contribution is -2.58. The molecule has 1 aromatic carbocycles. The number of barbiturate groups is 1. The van der Waals surface area contributed by atoms with E-state index in [-0.39, 0.29) is 10.7 Å². The van der Waals surface area contributed by atoms with Crippen molar-refractivity contribution in [3.63, 3.8) is 0 Å². The van der Waals surface area contributed by atoms with Crippen molar-refractivity contribution in [1.29, 1.82) is 0 Å². The molecule has 0 aliphatic carbocycles. The second-order valence-electron chi connectivity index (χ2n) is 4.86. The lowest BCUT2D eigenvalue weighted by molar-refractivity contribution is -0.134. The highest BCUT2D eigenvalue weighted by atomic mass is 35.5. The molecule has 0 radical (unpaired) electrons. The van der Waals surface area contributed by atoms with Gasteiger partial charge in [0.2, 0.25) is 11.8 Å². The van der Waals surface area contributed by atoms with Crippen molar-refractivity contribution in [2.45, 2.75) is 26.7 Å². The number of urea groups is 1. The van der Waals surface area contributed by atoms with Crippen LogP contribution in [0.4, 0.5) is 10.5 Å². The van der Waals surface area contributed by atoms with E-state index < -0.39 is 23.8 Å². The third-order valence-electron chi connectivity index (χ3n) is 3.31. The van der Waals surface area contributed by atoms with Gasteiger partial charge in [-0.05, 0) is 31.0 Å². The molecule has 112 valence electrons. The summed E-state index contributed by atoms with van der Waals surface area (Å²) in [6.45, 7) is 3.62. The van der Waals surface area contributed by atoms with Gasteiger partial charge in [-0.2, -0.15) is 0 Å². The van der Waals surface area contributed by atoms with Gasteiger partial charge in [-0.3, -0.25) is 14.9 Å². The Hall–Kier alpha value is -1.59. The first-order chi connectivity index (χ1) is 9.86. The molecule has 21 heavy (non-hydrogen) atoms. The van der Waals surface area contributed by atoms with Gasteiger partial charge in [0.1, 0.15) is 5.92 Å². The Morgan fingerprint density at radius 2 is 1.86 bits per heavy atom. The van der Waals surface area contributed by atoms with Crippen LogP contribution < -0.4 is 10.2 Å². The van der Waals surface area contributed by atoms with E-state index in [1.807, 2.05) is 6.92 Å². The maximum Gasteiger partial charge on any atom is 0.335 e. The molecule has 1 N–H and O–H groups in total. The summed E-state index contributed by atoms with van der Waals surface area (Å²) >= 11 is 12.1. The molecule has 1 aromatic rings. The molecule has 2 rings (SSSR count). The summed E-state index contributed by atoms with van der Waals surface area (Å²) in [5.41, 5.74) is 0.917. The molecule has 1 fully saturated rings. The maximum absolute atomic E-state index is 12.4. The monoisotopic (exact) mass is 328 g/mol. The van der Waals surface area contributed by atoms with Gasteiger partial charge in [-0.25, -0.2) is 9.69 Å². The number of halogens is 2. The van der Waals surface area contributed by atoms with E-state index in [0.717, 1.165) is 10.5 Å². The van der Waals surface area contributed by atoms with Gasteiger partial charge >= 0.3 is 6.03 Å². The van der Waals surface area contributed by atoms with Crippen LogP contribution in [0.15, 0.2) is 12.1 Å². The molecule has 1 aliphatic heterocycles. The summed E-state index contributed by atoms with van der Waals surface area (Å²) in [7, 11) is 0. The van der Waals surface area contributed by atoms with E-state index in [1.54, 1.807) is 13.0 Å². The van der Waals surface area contributed by atoms with Crippen molar-refractivity contribution < 1.29 is 14.4 Å². The number of carbonyl (C=O) groups is 3. The predicted octanol–water partition coefficient (Wildman–Crippen LogP) is 3.30. The first-order valence-corrected chi connectivity index (χ1v) is 7.26. The van der Waals surface area contributed by atoms with Crippen LogP contribution in [0, 0.1) is 12.8 Å². The fourth-order valence-corrected chi connectivity index (χ4v) is 2.66. The highest BCUT2D eigenvalue weighted by molar-refractivity contribution is 6.38. The van der Waals surface area contributed by atoms with E-state index >= 15 is 0 Å². The number of nitrogens with zero attached hydrogens (tertiary/aromatic N) is 1. The normalized spacial score (nSPS) is 19.0. The fraction of sp³-hybridized carbons (Fsp3) is 0.357. The lowest BCUT2D eigenvalue weighted by atomic mass is 9.99. The van der Waals surface area contributed by atoms with Crippen LogP contribution in [0.2, 0.25) is 10.0 Å². The summed E-state index contributed by atoms with van der Waals surface area (Å²) in [4.78, 5) is 37.0. The molecule has 1 atom stereocenters. The number of hydrogen-bond acceptors (Lipinski definition) is 3. The van der Waals surface area contributed by atoms with E-state index in [2.05, 4.69) is 5.32 Å². The average Bonchev–Trinajstić information content (AvgIpc) is 2.40. The van der Waals surface area contributed by atoms with E-state index in [1.165, 1.54) is 6.07 Å². The van der Waals surface area contributed by atoms with Gasteiger partial charge in [0, 0.05) is 5.02 Å². The maximum atomic E-state index is 12.4. The van der Waals surface area contributed by atoms with Gasteiger partial charge in [-0.1, -0.05) is 36.5 Å². The Kier molecular flexibility index (Phi) is 4.54. The number of nitrogens with one attached hydrogen (secondary N) is 1. The van der Waals surface area contributed by atoms with Gasteiger partial charge in [0.15, 0.2) is 0 Å². The molecular weight excluding hydrogens is 315 g/mol. The second kappa shape index (κ2) is 6.03. The van der Waals surface area contributed by atoms with Gasteiger partial charge < -0.3 is 0 Å². The standard InChI is InChI=1S/C14H14Cl2N2O3/c1-3-4-8-12(19)17-14(21)18(13(8)20)11-6-9(15)7(2)5-10(11)16/h5-6,8H,3-4H2,1-2H3,(H,17,19,21). The Morgan fingerprint density at radius 1 is 1.19 bits per heavy atom. The van der Waals surface area contributed by atoms with Gasteiger partial charge in [0.05, 0.1) is 10.7 Å². The van der Waals surface area contributed by atoms with Crippen LogP contribution in [-0.4, -0.2) is 17.8 Å². The highest BCUT2D eigenvalue weighted by Gasteiger charge is 2.41. The minimum atomic E-state index is -0.885. The molecule has 7 heteroatoms. The van der Waals surface area contributed by atoms with Crippen molar-refractivity contribution in [2.75, 3.05) is 4.90 Å². The zero-order valence-electron chi connectivity index (χ0n) is 11.6. The molecule has 1 unspecified atom stereocenters. The molecule has 0 aromatic heterocycles. The smallest absolute Gasteiger partial charge is 0.277 e. The van der Waals surface area contributed by atoms with Gasteiger partial charge in [-0.15, -0.1) is 0 Å². The van der Waals surface area contributed by atoms with E-state index in [9.17, 15) is 14.4 Å². The second-order valence-corrected chi connectivity index (χ2v) is 5.68. The van der Waals surface area contributed by atoms with Crippen molar-refractivity contribution in [1.82, 2.24) is 5.32 Å². The molecular formula is C14H14Cl2N2O3.